The van der Waals surface area contributed by atoms with Gasteiger partial charge in [0.15, 0.2) is 0 Å². The van der Waals surface area contributed by atoms with Crippen molar-refractivity contribution < 1.29 is 4.74 Å². The van der Waals surface area contributed by atoms with E-state index in [0.29, 0.717) is 13.2 Å². The minimum Gasteiger partial charge on any atom is -0.493 e. The lowest BCUT2D eigenvalue weighted by molar-refractivity contribution is 0.316. The molecule has 0 bridgehead atoms. The van der Waals surface area contributed by atoms with E-state index < -0.39 is 0 Å². The number of fused-ring (bicyclic) bond motifs is 1. The zero-order chi connectivity index (χ0) is 15.4. The Morgan fingerprint density at radius 1 is 1.09 bits per heavy atom. The average Bonchev–Trinajstić information content (AvgIpc) is 2.88. The summed E-state index contributed by atoms with van der Waals surface area (Å²) in [5.74, 6) is 1.96. The number of aryl methyl sites for hydroxylation is 1. The highest BCUT2D eigenvalue weighted by atomic mass is 16.5. The number of nitrogens with two attached hydrogens (primary N) is 1. The molecule has 3 aromatic rings. The van der Waals surface area contributed by atoms with Gasteiger partial charge in [-0.05, 0) is 37.2 Å². The second-order valence-corrected chi connectivity index (χ2v) is 5.33. The summed E-state index contributed by atoms with van der Waals surface area (Å²) in [5, 5.41) is 0. The van der Waals surface area contributed by atoms with Crippen molar-refractivity contribution in [3.8, 4) is 5.75 Å². The molecule has 22 heavy (non-hydrogen) atoms. The SMILES string of the molecule is Cc1ccccc1OCCc1nc(CCN)c2ccccn12. The van der Waals surface area contributed by atoms with Crippen LogP contribution in [0.5, 0.6) is 5.75 Å². The van der Waals surface area contributed by atoms with E-state index in [1.54, 1.807) is 0 Å². The van der Waals surface area contributed by atoms with Crippen LogP contribution in [0.3, 0.4) is 0 Å². The normalized spacial score (nSPS) is 11.0. The Bertz CT molecular complexity index is 764. The molecule has 0 saturated heterocycles. The molecular formula is C18H21N3O. The van der Waals surface area contributed by atoms with Crippen LogP contribution in [-0.2, 0) is 12.8 Å². The smallest absolute Gasteiger partial charge is 0.122 e. The van der Waals surface area contributed by atoms with Gasteiger partial charge in [-0.2, -0.15) is 0 Å². The first-order valence-corrected chi connectivity index (χ1v) is 7.63. The fraction of sp³-hybridized carbons (Fsp3) is 0.278. The summed E-state index contributed by atoms with van der Waals surface area (Å²) in [6.07, 6.45) is 3.61. The van der Waals surface area contributed by atoms with Gasteiger partial charge in [0.1, 0.15) is 11.6 Å². The van der Waals surface area contributed by atoms with Crippen molar-refractivity contribution in [3.63, 3.8) is 0 Å². The molecular weight excluding hydrogens is 274 g/mol. The topological polar surface area (TPSA) is 52.5 Å². The molecule has 0 aliphatic carbocycles. The van der Waals surface area contributed by atoms with Crippen LogP contribution in [0.1, 0.15) is 17.1 Å². The molecule has 2 aromatic heterocycles. The quantitative estimate of drug-likeness (QED) is 0.761. The molecule has 114 valence electrons. The Labute approximate surface area is 130 Å². The van der Waals surface area contributed by atoms with Crippen molar-refractivity contribution in [2.75, 3.05) is 13.2 Å². The fourth-order valence-electron chi connectivity index (χ4n) is 2.64. The van der Waals surface area contributed by atoms with E-state index in [-0.39, 0.29) is 0 Å². The van der Waals surface area contributed by atoms with Gasteiger partial charge >= 0.3 is 0 Å². The highest BCUT2D eigenvalue weighted by molar-refractivity contribution is 5.53. The fourth-order valence-corrected chi connectivity index (χ4v) is 2.64. The van der Waals surface area contributed by atoms with E-state index in [9.17, 15) is 0 Å². The van der Waals surface area contributed by atoms with Crippen molar-refractivity contribution in [2.45, 2.75) is 19.8 Å². The van der Waals surface area contributed by atoms with Crippen LogP contribution in [0, 0.1) is 6.92 Å². The van der Waals surface area contributed by atoms with Gasteiger partial charge in [0.25, 0.3) is 0 Å². The zero-order valence-electron chi connectivity index (χ0n) is 12.8. The highest BCUT2D eigenvalue weighted by Gasteiger charge is 2.10. The monoisotopic (exact) mass is 295 g/mol. The third-order valence-electron chi connectivity index (χ3n) is 3.76. The first-order chi connectivity index (χ1) is 10.8. The van der Waals surface area contributed by atoms with E-state index in [1.165, 1.54) is 0 Å². The van der Waals surface area contributed by atoms with Gasteiger partial charge in [0.2, 0.25) is 0 Å². The van der Waals surface area contributed by atoms with E-state index in [2.05, 4.69) is 23.5 Å². The van der Waals surface area contributed by atoms with Crippen LogP contribution in [-0.4, -0.2) is 22.5 Å². The van der Waals surface area contributed by atoms with Gasteiger partial charge in [-0.25, -0.2) is 4.98 Å². The molecule has 4 heteroatoms. The lowest BCUT2D eigenvalue weighted by Crippen LogP contribution is -2.06. The molecule has 0 saturated carbocycles. The number of hydrogen-bond acceptors (Lipinski definition) is 3. The lowest BCUT2D eigenvalue weighted by Gasteiger charge is -2.08. The molecule has 0 aliphatic rings. The number of ether oxygens (including phenoxy) is 1. The van der Waals surface area contributed by atoms with Crippen LogP contribution in [0.15, 0.2) is 48.7 Å². The van der Waals surface area contributed by atoms with Gasteiger partial charge < -0.3 is 14.9 Å². The van der Waals surface area contributed by atoms with Gasteiger partial charge in [0.05, 0.1) is 17.8 Å². The van der Waals surface area contributed by atoms with Crippen molar-refractivity contribution in [3.05, 3.63) is 65.7 Å². The molecule has 0 fully saturated rings. The summed E-state index contributed by atoms with van der Waals surface area (Å²) in [6, 6.07) is 14.2. The summed E-state index contributed by atoms with van der Waals surface area (Å²) >= 11 is 0. The summed E-state index contributed by atoms with van der Waals surface area (Å²) in [4.78, 5) is 4.74. The summed E-state index contributed by atoms with van der Waals surface area (Å²) in [7, 11) is 0. The third kappa shape index (κ3) is 2.97. The number of hydrogen-bond donors (Lipinski definition) is 1. The number of aromatic nitrogens is 2. The van der Waals surface area contributed by atoms with Crippen molar-refractivity contribution in [1.82, 2.24) is 9.38 Å². The zero-order valence-corrected chi connectivity index (χ0v) is 12.8. The lowest BCUT2D eigenvalue weighted by atomic mass is 10.2. The number of para-hydroxylation sites is 1. The largest absolute Gasteiger partial charge is 0.493 e. The molecule has 1 aromatic carbocycles. The van der Waals surface area contributed by atoms with E-state index in [1.807, 2.05) is 36.5 Å². The second-order valence-electron chi connectivity index (χ2n) is 5.33. The number of nitrogens with zero attached hydrogens (tertiary/aromatic N) is 2. The number of benzene rings is 1. The number of rotatable bonds is 6. The predicted octanol–water partition coefficient (Wildman–Crippen LogP) is 2.77. The molecule has 0 aliphatic heterocycles. The maximum atomic E-state index is 5.88. The highest BCUT2D eigenvalue weighted by Crippen LogP contribution is 2.17. The Hall–Kier alpha value is -2.33. The minimum atomic E-state index is 0.612. The number of imidazole rings is 1. The molecule has 0 unspecified atom stereocenters. The first kappa shape index (κ1) is 14.6. The first-order valence-electron chi connectivity index (χ1n) is 7.63. The van der Waals surface area contributed by atoms with E-state index >= 15 is 0 Å². The Balaban J connectivity index is 1.75. The standard InChI is InChI=1S/C18H21N3O/c1-14-6-2-3-8-17(14)22-13-10-18-20-15(9-11-19)16-7-4-5-12-21(16)18/h2-8,12H,9-11,13,19H2,1H3. The van der Waals surface area contributed by atoms with Gasteiger partial charge in [-0.3, -0.25) is 0 Å². The van der Waals surface area contributed by atoms with Gasteiger partial charge in [-0.15, -0.1) is 0 Å². The minimum absolute atomic E-state index is 0.612. The summed E-state index contributed by atoms with van der Waals surface area (Å²) in [6.45, 7) is 3.28. The molecule has 4 nitrogen and oxygen atoms in total. The maximum absolute atomic E-state index is 5.88. The van der Waals surface area contributed by atoms with Crippen molar-refractivity contribution in [2.24, 2.45) is 5.73 Å². The van der Waals surface area contributed by atoms with Gasteiger partial charge in [0, 0.05) is 19.0 Å². The molecule has 0 radical (unpaired) electrons. The third-order valence-corrected chi connectivity index (χ3v) is 3.76. The Morgan fingerprint density at radius 3 is 2.73 bits per heavy atom. The molecule has 0 atom stereocenters. The van der Waals surface area contributed by atoms with Crippen molar-refractivity contribution in [1.29, 1.82) is 0 Å². The molecule has 2 heterocycles. The van der Waals surface area contributed by atoms with Crippen LogP contribution in [0.25, 0.3) is 5.52 Å². The predicted molar refractivity (Wildman–Crippen MR) is 88.3 cm³/mol. The second kappa shape index (κ2) is 6.62. The maximum Gasteiger partial charge on any atom is 0.122 e. The van der Waals surface area contributed by atoms with Crippen molar-refractivity contribution >= 4 is 5.52 Å². The van der Waals surface area contributed by atoms with Crippen LogP contribution >= 0.6 is 0 Å². The summed E-state index contributed by atoms with van der Waals surface area (Å²) in [5.41, 5.74) is 9.03. The van der Waals surface area contributed by atoms with E-state index in [4.69, 9.17) is 15.5 Å². The van der Waals surface area contributed by atoms with E-state index in [0.717, 1.165) is 41.2 Å². The average molecular weight is 295 g/mol. The molecule has 0 spiro atoms. The molecule has 2 N–H and O–H groups in total. The summed E-state index contributed by atoms with van der Waals surface area (Å²) < 4.78 is 8.01. The van der Waals surface area contributed by atoms with Crippen LogP contribution in [0.2, 0.25) is 0 Å². The number of pyridine rings is 1. The van der Waals surface area contributed by atoms with Crippen LogP contribution in [0.4, 0.5) is 0 Å². The Kier molecular flexibility index (Phi) is 4.39. The molecule has 0 amide bonds. The van der Waals surface area contributed by atoms with Crippen LogP contribution < -0.4 is 10.5 Å². The molecule has 3 rings (SSSR count). The van der Waals surface area contributed by atoms with Gasteiger partial charge in [-0.1, -0.05) is 24.3 Å². The Morgan fingerprint density at radius 2 is 1.91 bits per heavy atom.